The second-order valence-corrected chi connectivity index (χ2v) is 4.53. The highest BCUT2D eigenvalue weighted by Gasteiger charge is 2.04. The number of nitrogens with one attached hydrogen (secondary N) is 1. The van der Waals surface area contributed by atoms with Gasteiger partial charge in [-0.1, -0.05) is 36.4 Å². The van der Waals surface area contributed by atoms with Crippen molar-refractivity contribution in [1.29, 1.82) is 0 Å². The second-order valence-electron chi connectivity index (χ2n) is 4.53. The minimum Gasteiger partial charge on any atom is -0.380 e. The SMILES string of the molecule is COCc1ccc(CNc2c(C)cccc2F)cc1. The Balaban J connectivity index is 2.02. The maximum atomic E-state index is 13.6. The summed E-state index contributed by atoms with van der Waals surface area (Å²) >= 11 is 0. The van der Waals surface area contributed by atoms with Gasteiger partial charge in [0.1, 0.15) is 5.82 Å². The van der Waals surface area contributed by atoms with Gasteiger partial charge in [-0.3, -0.25) is 0 Å². The first kappa shape index (κ1) is 13.6. The van der Waals surface area contributed by atoms with Crippen LogP contribution in [0.2, 0.25) is 0 Å². The van der Waals surface area contributed by atoms with Crippen LogP contribution in [-0.2, 0) is 17.9 Å². The Bertz CT molecular complexity index is 517. The van der Waals surface area contributed by atoms with Gasteiger partial charge in [0.15, 0.2) is 0 Å². The molecule has 0 aliphatic rings. The monoisotopic (exact) mass is 259 g/mol. The van der Waals surface area contributed by atoms with Crippen LogP contribution in [0.15, 0.2) is 42.5 Å². The molecule has 0 spiro atoms. The van der Waals surface area contributed by atoms with Crippen molar-refractivity contribution < 1.29 is 9.13 Å². The third-order valence-corrected chi connectivity index (χ3v) is 3.03. The number of aryl methyl sites for hydroxylation is 1. The van der Waals surface area contributed by atoms with Gasteiger partial charge >= 0.3 is 0 Å². The molecule has 2 aromatic rings. The Labute approximate surface area is 113 Å². The van der Waals surface area contributed by atoms with Gasteiger partial charge in [0.05, 0.1) is 12.3 Å². The highest BCUT2D eigenvalue weighted by Crippen LogP contribution is 2.19. The van der Waals surface area contributed by atoms with Crippen molar-refractivity contribution in [2.75, 3.05) is 12.4 Å². The number of para-hydroxylation sites is 1. The van der Waals surface area contributed by atoms with Gasteiger partial charge < -0.3 is 10.1 Å². The summed E-state index contributed by atoms with van der Waals surface area (Å²) in [4.78, 5) is 0. The van der Waals surface area contributed by atoms with Crippen molar-refractivity contribution in [3.63, 3.8) is 0 Å². The molecule has 0 atom stereocenters. The highest BCUT2D eigenvalue weighted by molar-refractivity contribution is 5.52. The number of hydrogen-bond donors (Lipinski definition) is 1. The van der Waals surface area contributed by atoms with E-state index in [1.807, 2.05) is 37.3 Å². The molecule has 1 N–H and O–H groups in total. The van der Waals surface area contributed by atoms with Gasteiger partial charge in [-0.05, 0) is 29.7 Å². The molecule has 3 heteroatoms. The fraction of sp³-hybridized carbons (Fsp3) is 0.250. The third kappa shape index (κ3) is 3.55. The quantitative estimate of drug-likeness (QED) is 0.879. The molecule has 0 aliphatic heterocycles. The number of benzene rings is 2. The molecular weight excluding hydrogens is 241 g/mol. The summed E-state index contributed by atoms with van der Waals surface area (Å²) in [6.07, 6.45) is 0. The standard InChI is InChI=1S/C16H18FNO/c1-12-4-3-5-15(17)16(12)18-10-13-6-8-14(9-7-13)11-19-2/h3-9,18H,10-11H2,1-2H3. The minimum absolute atomic E-state index is 0.212. The lowest BCUT2D eigenvalue weighted by Gasteiger charge is -2.11. The van der Waals surface area contributed by atoms with Crippen LogP contribution in [0.5, 0.6) is 0 Å². The molecule has 0 unspecified atom stereocenters. The van der Waals surface area contributed by atoms with Crippen LogP contribution < -0.4 is 5.32 Å². The van der Waals surface area contributed by atoms with E-state index in [2.05, 4.69) is 5.32 Å². The Morgan fingerprint density at radius 2 is 1.74 bits per heavy atom. The molecule has 0 radical (unpaired) electrons. The van der Waals surface area contributed by atoms with E-state index in [-0.39, 0.29) is 5.82 Å². The fourth-order valence-corrected chi connectivity index (χ4v) is 1.97. The Morgan fingerprint density at radius 3 is 2.37 bits per heavy atom. The average molecular weight is 259 g/mol. The predicted octanol–water partition coefficient (Wildman–Crippen LogP) is 3.89. The molecule has 0 amide bonds. The molecule has 0 heterocycles. The molecule has 2 nitrogen and oxygen atoms in total. The van der Waals surface area contributed by atoms with Crippen molar-refractivity contribution >= 4 is 5.69 Å². The zero-order valence-electron chi connectivity index (χ0n) is 11.2. The summed E-state index contributed by atoms with van der Waals surface area (Å²) in [5, 5.41) is 3.14. The molecular formula is C16H18FNO. The Hall–Kier alpha value is -1.87. The first-order chi connectivity index (χ1) is 9.20. The lowest BCUT2D eigenvalue weighted by molar-refractivity contribution is 0.185. The van der Waals surface area contributed by atoms with E-state index in [0.29, 0.717) is 18.8 Å². The van der Waals surface area contributed by atoms with Crippen molar-refractivity contribution in [2.45, 2.75) is 20.1 Å². The number of ether oxygens (including phenoxy) is 1. The largest absolute Gasteiger partial charge is 0.380 e. The molecule has 0 aromatic heterocycles. The van der Waals surface area contributed by atoms with E-state index in [4.69, 9.17) is 4.74 Å². The van der Waals surface area contributed by atoms with Gasteiger partial charge in [-0.25, -0.2) is 4.39 Å². The van der Waals surface area contributed by atoms with Gasteiger partial charge in [0, 0.05) is 13.7 Å². The summed E-state index contributed by atoms with van der Waals surface area (Å²) in [5.74, 6) is -0.212. The summed E-state index contributed by atoms with van der Waals surface area (Å²) in [6.45, 7) is 3.11. The molecule has 0 saturated heterocycles. The summed E-state index contributed by atoms with van der Waals surface area (Å²) in [6, 6.07) is 13.2. The summed E-state index contributed by atoms with van der Waals surface area (Å²) < 4.78 is 18.7. The maximum Gasteiger partial charge on any atom is 0.146 e. The van der Waals surface area contributed by atoms with Crippen LogP contribution in [-0.4, -0.2) is 7.11 Å². The summed E-state index contributed by atoms with van der Waals surface area (Å²) in [7, 11) is 1.68. The average Bonchev–Trinajstić information content (AvgIpc) is 2.40. The first-order valence-electron chi connectivity index (χ1n) is 6.26. The summed E-state index contributed by atoms with van der Waals surface area (Å²) in [5.41, 5.74) is 3.73. The van der Waals surface area contributed by atoms with Crippen LogP contribution in [0.4, 0.5) is 10.1 Å². The van der Waals surface area contributed by atoms with E-state index in [1.165, 1.54) is 6.07 Å². The first-order valence-corrected chi connectivity index (χ1v) is 6.26. The van der Waals surface area contributed by atoms with Crippen LogP contribution in [0, 0.1) is 12.7 Å². The number of hydrogen-bond acceptors (Lipinski definition) is 2. The van der Waals surface area contributed by atoms with E-state index in [9.17, 15) is 4.39 Å². The number of halogens is 1. The van der Waals surface area contributed by atoms with E-state index < -0.39 is 0 Å². The molecule has 0 aliphatic carbocycles. The molecule has 2 rings (SSSR count). The molecule has 0 bridgehead atoms. The van der Waals surface area contributed by atoms with Crippen molar-refractivity contribution in [1.82, 2.24) is 0 Å². The van der Waals surface area contributed by atoms with Gasteiger partial charge in [-0.2, -0.15) is 0 Å². The van der Waals surface area contributed by atoms with E-state index in [0.717, 1.165) is 16.7 Å². The normalized spacial score (nSPS) is 10.5. The fourth-order valence-electron chi connectivity index (χ4n) is 1.97. The number of rotatable bonds is 5. The molecule has 0 saturated carbocycles. The number of methoxy groups -OCH3 is 1. The van der Waals surface area contributed by atoms with Gasteiger partial charge in [-0.15, -0.1) is 0 Å². The van der Waals surface area contributed by atoms with Crippen LogP contribution in [0.1, 0.15) is 16.7 Å². The van der Waals surface area contributed by atoms with Crippen molar-refractivity contribution in [2.24, 2.45) is 0 Å². The Morgan fingerprint density at radius 1 is 1.05 bits per heavy atom. The van der Waals surface area contributed by atoms with Gasteiger partial charge in [0.2, 0.25) is 0 Å². The van der Waals surface area contributed by atoms with Crippen LogP contribution >= 0.6 is 0 Å². The minimum atomic E-state index is -0.212. The second kappa shape index (κ2) is 6.34. The van der Waals surface area contributed by atoms with Crippen LogP contribution in [0.3, 0.4) is 0 Å². The zero-order chi connectivity index (χ0) is 13.7. The number of anilines is 1. The van der Waals surface area contributed by atoms with E-state index in [1.54, 1.807) is 13.2 Å². The molecule has 100 valence electrons. The van der Waals surface area contributed by atoms with Gasteiger partial charge in [0.25, 0.3) is 0 Å². The van der Waals surface area contributed by atoms with Crippen molar-refractivity contribution in [3.05, 3.63) is 65.0 Å². The third-order valence-electron chi connectivity index (χ3n) is 3.03. The van der Waals surface area contributed by atoms with Crippen LogP contribution in [0.25, 0.3) is 0 Å². The molecule has 19 heavy (non-hydrogen) atoms. The molecule has 0 fully saturated rings. The molecule has 2 aromatic carbocycles. The topological polar surface area (TPSA) is 21.3 Å². The smallest absolute Gasteiger partial charge is 0.146 e. The lowest BCUT2D eigenvalue weighted by Crippen LogP contribution is -2.03. The Kier molecular flexibility index (Phi) is 4.53. The van der Waals surface area contributed by atoms with E-state index >= 15 is 0 Å². The predicted molar refractivity (Wildman–Crippen MR) is 75.6 cm³/mol. The van der Waals surface area contributed by atoms with Crippen molar-refractivity contribution in [3.8, 4) is 0 Å². The maximum absolute atomic E-state index is 13.6. The highest BCUT2D eigenvalue weighted by atomic mass is 19.1. The zero-order valence-corrected chi connectivity index (χ0v) is 11.2. The lowest BCUT2D eigenvalue weighted by atomic mass is 10.1.